The highest BCUT2D eigenvalue weighted by molar-refractivity contribution is 7.80. The first kappa shape index (κ1) is 9.80. The van der Waals surface area contributed by atoms with Crippen LogP contribution in [0.4, 0.5) is 5.69 Å². The summed E-state index contributed by atoms with van der Waals surface area (Å²) >= 11 is 4.91. The second-order valence-electron chi connectivity index (χ2n) is 2.68. The summed E-state index contributed by atoms with van der Waals surface area (Å²) < 4.78 is 0. The fourth-order valence-electron chi connectivity index (χ4n) is 0.945. The summed E-state index contributed by atoms with van der Waals surface area (Å²) in [6.45, 7) is 1.84. The van der Waals surface area contributed by atoms with Gasteiger partial charge in [-0.05, 0) is 30.8 Å². The Kier molecular flexibility index (Phi) is 3.08. The van der Waals surface area contributed by atoms with Crippen molar-refractivity contribution < 1.29 is 5.11 Å². The van der Waals surface area contributed by atoms with Crippen LogP contribution in [0.3, 0.4) is 0 Å². The molecule has 0 aliphatic rings. The number of phenols is 1. The number of phenolic OH excluding ortho intramolecular Hbond substituents is 1. The average molecular weight is 196 g/mol. The third-order valence-corrected chi connectivity index (χ3v) is 2.02. The van der Waals surface area contributed by atoms with Crippen molar-refractivity contribution in [2.24, 2.45) is 0 Å². The Morgan fingerprint density at radius 1 is 1.46 bits per heavy atom. The lowest BCUT2D eigenvalue weighted by molar-refractivity contribution is 0.473. The molecule has 13 heavy (non-hydrogen) atoms. The molecule has 0 amide bonds. The average Bonchev–Trinajstić information content (AvgIpc) is 2.13. The topological polar surface area (TPSA) is 44.3 Å². The van der Waals surface area contributed by atoms with Crippen LogP contribution in [0, 0.1) is 6.92 Å². The van der Waals surface area contributed by atoms with Gasteiger partial charge in [0.15, 0.2) is 5.11 Å². The van der Waals surface area contributed by atoms with Gasteiger partial charge in [-0.25, -0.2) is 0 Å². The van der Waals surface area contributed by atoms with E-state index in [9.17, 15) is 5.11 Å². The Morgan fingerprint density at radius 2 is 2.15 bits per heavy atom. The first-order chi connectivity index (χ1) is 6.15. The van der Waals surface area contributed by atoms with E-state index < -0.39 is 0 Å². The van der Waals surface area contributed by atoms with Crippen molar-refractivity contribution in [3.8, 4) is 5.75 Å². The second-order valence-corrected chi connectivity index (χ2v) is 3.08. The lowest BCUT2D eigenvalue weighted by atomic mass is 10.2. The standard InChI is InChI=1S/C9H12N2OS/c1-6-4-3-5-7(8(6)12)11-9(13)10-2/h3-5,12H,1-2H3,(H2,10,11,13). The first-order valence-corrected chi connectivity index (χ1v) is 4.33. The van der Waals surface area contributed by atoms with Gasteiger partial charge < -0.3 is 15.7 Å². The molecule has 1 aromatic rings. The molecule has 1 aromatic carbocycles. The normalized spacial score (nSPS) is 9.38. The van der Waals surface area contributed by atoms with Gasteiger partial charge in [0.2, 0.25) is 0 Å². The second kappa shape index (κ2) is 4.09. The number of benzene rings is 1. The summed E-state index contributed by atoms with van der Waals surface area (Å²) in [5.74, 6) is 0.236. The lowest BCUT2D eigenvalue weighted by Gasteiger charge is -2.09. The van der Waals surface area contributed by atoms with Gasteiger partial charge in [-0.1, -0.05) is 12.1 Å². The van der Waals surface area contributed by atoms with Gasteiger partial charge in [0.1, 0.15) is 5.75 Å². The Balaban J connectivity index is 2.89. The maximum Gasteiger partial charge on any atom is 0.170 e. The molecule has 0 fully saturated rings. The number of thiocarbonyl (C=S) groups is 1. The van der Waals surface area contributed by atoms with E-state index in [0.29, 0.717) is 10.8 Å². The number of rotatable bonds is 1. The summed E-state index contributed by atoms with van der Waals surface area (Å²) in [6, 6.07) is 5.46. The zero-order valence-electron chi connectivity index (χ0n) is 7.59. The summed E-state index contributed by atoms with van der Waals surface area (Å²) in [5.41, 5.74) is 1.45. The molecular weight excluding hydrogens is 184 g/mol. The third kappa shape index (κ3) is 2.32. The molecule has 0 atom stereocenters. The monoisotopic (exact) mass is 196 g/mol. The van der Waals surface area contributed by atoms with Crippen molar-refractivity contribution in [2.75, 3.05) is 12.4 Å². The van der Waals surface area contributed by atoms with Crippen LogP contribution in [0.1, 0.15) is 5.56 Å². The predicted molar refractivity (Wildman–Crippen MR) is 58.1 cm³/mol. The lowest BCUT2D eigenvalue weighted by Crippen LogP contribution is -2.24. The molecule has 0 bridgehead atoms. The molecule has 0 aromatic heterocycles. The number of para-hydroxylation sites is 1. The molecule has 0 aliphatic carbocycles. The van der Waals surface area contributed by atoms with E-state index in [1.54, 1.807) is 13.1 Å². The van der Waals surface area contributed by atoms with Crippen molar-refractivity contribution in [1.82, 2.24) is 5.32 Å². The molecule has 1 rings (SSSR count). The first-order valence-electron chi connectivity index (χ1n) is 3.92. The highest BCUT2D eigenvalue weighted by atomic mass is 32.1. The largest absolute Gasteiger partial charge is 0.505 e. The van der Waals surface area contributed by atoms with E-state index in [1.165, 1.54) is 0 Å². The SMILES string of the molecule is CNC(=S)Nc1cccc(C)c1O. The quantitative estimate of drug-likeness (QED) is 0.472. The molecular formula is C9H12N2OS. The van der Waals surface area contributed by atoms with Crippen LogP contribution in [0.15, 0.2) is 18.2 Å². The molecule has 0 unspecified atom stereocenters. The van der Waals surface area contributed by atoms with Crippen LogP contribution in [-0.2, 0) is 0 Å². The maximum absolute atomic E-state index is 9.59. The van der Waals surface area contributed by atoms with E-state index in [0.717, 1.165) is 5.56 Å². The summed E-state index contributed by atoms with van der Waals surface area (Å²) in [4.78, 5) is 0. The van der Waals surface area contributed by atoms with Gasteiger partial charge in [-0.3, -0.25) is 0 Å². The number of nitrogens with one attached hydrogen (secondary N) is 2. The number of hydrogen-bond acceptors (Lipinski definition) is 2. The fraction of sp³-hybridized carbons (Fsp3) is 0.222. The van der Waals surface area contributed by atoms with Crippen molar-refractivity contribution in [3.63, 3.8) is 0 Å². The Labute approximate surface area is 82.8 Å². The molecule has 70 valence electrons. The van der Waals surface area contributed by atoms with E-state index >= 15 is 0 Å². The van der Waals surface area contributed by atoms with E-state index in [2.05, 4.69) is 10.6 Å². The van der Waals surface area contributed by atoms with E-state index in [-0.39, 0.29) is 5.75 Å². The van der Waals surface area contributed by atoms with Gasteiger partial charge in [-0.15, -0.1) is 0 Å². The van der Waals surface area contributed by atoms with Crippen LogP contribution in [0.2, 0.25) is 0 Å². The predicted octanol–water partition coefficient (Wildman–Crippen LogP) is 1.62. The number of anilines is 1. The fourth-order valence-corrected chi connectivity index (χ4v) is 1.05. The van der Waals surface area contributed by atoms with Gasteiger partial charge >= 0.3 is 0 Å². The third-order valence-electron chi connectivity index (χ3n) is 1.71. The highest BCUT2D eigenvalue weighted by Gasteiger charge is 2.03. The zero-order valence-corrected chi connectivity index (χ0v) is 8.40. The minimum Gasteiger partial charge on any atom is -0.505 e. The summed E-state index contributed by atoms with van der Waals surface area (Å²) in [6.07, 6.45) is 0. The van der Waals surface area contributed by atoms with Gasteiger partial charge in [0.25, 0.3) is 0 Å². The maximum atomic E-state index is 9.59. The zero-order chi connectivity index (χ0) is 9.84. The van der Waals surface area contributed by atoms with Gasteiger partial charge in [0, 0.05) is 7.05 Å². The Morgan fingerprint density at radius 3 is 2.77 bits per heavy atom. The molecule has 0 aliphatic heterocycles. The van der Waals surface area contributed by atoms with Gasteiger partial charge in [0.05, 0.1) is 5.69 Å². The summed E-state index contributed by atoms with van der Waals surface area (Å²) in [5, 5.41) is 15.7. The van der Waals surface area contributed by atoms with Crippen molar-refractivity contribution in [1.29, 1.82) is 0 Å². The molecule has 0 radical (unpaired) electrons. The molecule has 0 saturated heterocycles. The molecule has 3 N–H and O–H groups in total. The van der Waals surface area contributed by atoms with Crippen molar-refractivity contribution >= 4 is 23.0 Å². The summed E-state index contributed by atoms with van der Waals surface area (Å²) in [7, 11) is 1.72. The Bertz CT molecular complexity index is 325. The highest BCUT2D eigenvalue weighted by Crippen LogP contribution is 2.26. The van der Waals surface area contributed by atoms with E-state index in [1.807, 2.05) is 19.1 Å². The number of aryl methyl sites for hydroxylation is 1. The molecule has 0 saturated carbocycles. The van der Waals surface area contributed by atoms with Crippen LogP contribution in [0.5, 0.6) is 5.75 Å². The molecule has 3 nitrogen and oxygen atoms in total. The molecule has 0 spiro atoms. The minimum absolute atomic E-state index is 0.236. The van der Waals surface area contributed by atoms with Gasteiger partial charge in [-0.2, -0.15) is 0 Å². The number of aromatic hydroxyl groups is 1. The molecule has 0 heterocycles. The van der Waals surface area contributed by atoms with Crippen molar-refractivity contribution in [2.45, 2.75) is 6.92 Å². The van der Waals surface area contributed by atoms with E-state index in [4.69, 9.17) is 12.2 Å². The van der Waals surface area contributed by atoms with Crippen molar-refractivity contribution in [3.05, 3.63) is 23.8 Å². The minimum atomic E-state index is 0.236. The van der Waals surface area contributed by atoms with Crippen LogP contribution >= 0.6 is 12.2 Å². The number of hydrogen-bond donors (Lipinski definition) is 3. The van der Waals surface area contributed by atoms with Crippen LogP contribution in [-0.4, -0.2) is 17.3 Å². The molecule has 4 heteroatoms. The smallest absolute Gasteiger partial charge is 0.170 e. The Hall–Kier alpha value is -1.29. The van der Waals surface area contributed by atoms with Crippen LogP contribution < -0.4 is 10.6 Å². The van der Waals surface area contributed by atoms with Crippen LogP contribution in [0.25, 0.3) is 0 Å².